The van der Waals surface area contributed by atoms with Gasteiger partial charge in [0.25, 0.3) is 0 Å². The van der Waals surface area contributed by atoms with Crippen LogP contribution in [0.2, 0.25) is 5.02 Å². The summed E-state index contributed by atoms with van der Waals surface area (Å²) >= 11 is 5.69. The van der Waals surface area contributed by atoms with Crippen molar-refractivity contribution < 1.29 is 4.48 Å². The van der Waals surface area contributed by atoms with Gasteiger partial charge in [0.1, 0.15) is 5.52 Å². The van der Waals surface area contributed by atoms with E-state index in [1.165, 1.54) is 0 Å². The summed E-state index contributed by atoms with van der Waals surface area (Å²) in [4.78, 5) is 0.344. The van der Waals surface area contributed by atoms with E-state index in [0.717, 1.165) is 5.39 Å². The zero-order chi connectivity index (χ0) is 8.72. The van der Waals surface area contributed by atoms with Crippen molar-refractivity contribution in [1.82, 2.24) is 10.0 Å². The zero-order valence-corrected chi connectivity index (χ0v) is 7.14. The molecule has 0 aliphatic rings. The summed E-state index contributed by atoms with van der Waals surface area (Å²) in [7, 11) is 0. The van der Waals surface area contributed by atoms with Gasteiger partial charge in [-0.25, -0.2) is 0 Å². The highest BCUT2D eigenvalue weighted by Crippen LogP contribution is 2.21. The molecular formula is C8H6ClFN2. The van der Waals surface area contributed by atoms with E-state index in [1.807, 2.05) is 0 Å². The fraction of sp³-hybridized carbons (Fsp3) is 0.125. The van der Waals surface area contributed by atoms with Crippen LogP contribution in [0.1, 0.15) is 5.69 Å². The second kappa shape index (κ2) is 2.45. The maximum absolute atomic E-state index is 12.9. The molecule has 0 saturated heterocycles. The molecule has 2 nitrogen and oxygen atoms in total. The fourth-order valence-corrected chi connectivity index (χ4v) is 1.37. The molecule has 0 aliphatic heterocycles. The highest BCUT2D eigenvalue weighted by atomic mass is 35.5. The van der Waals surface area contributed by atoms with Crippen molar-refractivity contribution in [2.24, 2.45) is 0 Å². The Morgan fingerprint density at radius 1 is 1.50 bits per heavy atom. The van der Waals surface area contributed by atoms with Crippen LogP contribution in [0, 0.1) is 6.92 Å². The number of benzene rings is 1. The number of aromatic nitrogens is 2. The van der Waals surface area contributed by atoms with Gasteiger partial charge >= 0.3 is 0 Å². The third-order valence-electron chi connectivity index (χ3n) is 1.79. The normalized spacial score (nSPS) is 10.9. The summed E-state index contributed by atoms with van der Waals surface area (Å²) in [5.74, 6) is 0. The first-order valence-corrected chi connectivity index (χ1v) is 3.87. The maximum atomic E-state index is 12.9. The standard InChI is InChI=1S/C8H6ClFN2/c1-5-7-3-2-6(9)4-8(7)12(10)11-5/h2-4H,1H3. The number of rotatable bonds is 0. The van der Waals surface area contributed by atoms with E-state index in [1.54, 1.807) is 25.1 Å². The molecule has 0 radical (unpaired) electrons. The van der Waals surface area contributed by atoms with E-state index in [2.05, 4.69) is 5.10 Å². The lowest BCUT2D eigenvalue weighted by atomic mass is 10.2. The molecule has 1 aromatic carbocycles. The second-order valence-corrected chi connectivity index (χ2v) is 3.04. The van der Waals surface area contributed by atoms with Crippen molar-refractivity contribution in [2.75, 3.05) is 0 Å². The van der Waals surface area contributed by atoms with Crippen molar-refractivity contribution in [3.05, 3.63) is 28.9 Å². The molecule has 4 heteroatoms. The van der Waals surface area contributed by atoms with E-state index in [-0.39, 0.29) is 0 Å². The van der Waals surface area contributed by atoms with Gasteiger partial charge in [0.15, 0.2) is 0 Å². The van der Waals surface area contributed by atoms with Gasteiger partial charge in [0.2, 0.25) is 0 Å². The van der Waals surface area contributed by atoms with Gasteiger partial charge in [-0.3, -0.25) is 0 Å². The smallest absolute Gasteiger partial charge is 0.106 e. The molecule has 2 rings (SSSR count). The Bertz CT molecular complexity index is 436. The average molecular weight is 185 g/mol. The topological polar surface area (TPSA) is 17.8 Å². The van der Waals surface area contributed by atoms with Crippen molar-refractivity contribution in [2.45, 2.75) is 6.92 Å². The predicted octanol–water partition coefficient (Wildman–Crippen LogP) is 2.73. The monoisotopic (exact) mass is 184 g/mol. The SMILES string of the molecule is Cc1nn(F)c2cc(Cl)ccc12. The summed E-state index contributed by atoms with van der Waals surface area (Å²) in [5.41, 5.74) is 1.09. The number of halogens is 2. The predicted molar refractivity (Wildman–Crippen MR) is 46.0 cm³/mol. The number of hydrogen-bond acceptors (Lipinski definition) is 1. The Kier molecular flexibility index (Phi) is 1.54. The maximum Gasteiger partial charge on any atom is 0.106 e. The van der Waals surface area contributed by atoms with Crippen LogP contribution in [0.25, 0.3) is 10.9 Å². The van der Waals surface area contributed by atoms with Crippen LogP contribution in [0.3, 0.4) is 0 Å². The average Bonchev–Trinajstić information content (AvgIpc) is 2.28. The van der Waals surface area contributed by atoms with Crippen LogP contribution in [-0.4, -0.2) is 10.0 Å². The Balaban J connectivity index is 2.90. The van der Waals surface area contributed by atoms with Crippen molar-refractivity contribution in [3.63, 3.8) is 0 Å². The minimum atomic E-state index is 0.344. The zero-order valence-electron chi connectivity index (χ0n) is 6.38. The molecule has 0 bridgehead atoms. The molecule has 2 aromatic rings. The van der Waals surface area contributed by atoms with Crippen molar-refractivity contribution in [3.8, 4) is 0 Å². The molecule has 1 heterocycles. The Hall–Kier alpha value is -1.09. The minimum absolute atomic E-state index is 0.344. The second-order valence-electron chi connectivity index (χ2n) is 2.61. The minimum Gasteiger partial charge on any atom is -0.146 e. The lowest BCUT2D eigenvalue weighted by molar-refractivity contribution is 0.330. The van der Waals surface area contributed by atoms with Crippen LogP contribution in [0.15, 0.2) is 18.2 Å². The molecule has 0 unspecified atom stereocenters. The van der Waals surface area contributed by atoms with Crippen LogP contribution in [0.4, 0.5) is 4.48 Å². The van der Waals surface area contributed by atoms with E-state index in [9.17, 15) is 4.48 Å². The lowest BCUT2D eigenvalue weighted by Crippen LogP contribution is -1.82. The van der Waals surface area contributed by atoms with Gasteiger partial charge in [-0.05, 0) is 25.1 Å². The van der Waals surface area contributed by atoms with Gasteiger partial charge in [0.05, 0.1) is 5.69 Å². The lowest BCUT2D eigenvalue weighted by Gasteiger charge is -1.90. The number of hydrogen-bond donors (Lipinski definition) is 0. The molecule has 0 fully saturated rings. The summed E-state index contributed by atoms with van der Waals surface area (Å²) in [5, 5.41) is 4.93. The number of fused-ring (bicyclic) bond motifs is 1. The Labute approximate surface area is 73.5 Å². The molecule has 0 amide bonds. The van der Waals surface area contributed by atoms with Crippen LogP contribution >= 0.6 is 11.6 Å². The first-order valence-electron chi connectivity index (χ1n) is 3.49. The Morgan fingerprint density at radius 3 is 3.00 bits per heavy atom. The van der Waals surface area contributed by atoms with E-state index < -0.39 is 0 Å². The fourth-order valence-electron chi connectivity index (χ4n) is 1.20. The molecule has 1 aromatic heterocycles. The van der Waals surface area contributed by atoms with Crippen molar-refractivity contribution >= 4 is 22.5 Å². The van der Waals surface area contributed by atoms with Gasteiger partial charge in [-0.1, -0.05) is 21.0 Å². The molecule has 0 N–H and O–H groups in total. The largest absolute Gasteiger partial charge is 0.146 e. The molecular weight excluding hydrogens is 179 g/mol. The van der Waals surface area contributed by atoms with E-state index >= 15 is 0 Å². The first-order chi connectivity index (χ1) is 5.68. The molecule has 0 spiro atoms. The van der Waals surface area contributed by atoms with Crippen LogP contribution in [0.5, 0.6) is 0 Å². The van der Waals surface area contributed by atoms with Crippen LogP contribution < -0.4 is 0 Å². The first kappa shape index (κ1) is 7.55. The summed E-state index contributed by atoms with van der Waals surface area (Å²) in [6, 6.07) is 5.03. The summed E-state index contributed by atoms with van der Waals surface area (Å²) < 4.78 is 12.9. The van der Waals surface area contributed by atoms with E-state index in [0.29, 0.717) is 21.1 Å². The third-order valence-corrected chi connectivity index (χ3v) is 2.02. The van der Waals surface area contributed by atoms with Gasteiger partial charge in [-0.2, -0.15) is 0 Å². The number of nitrogens with zero attached hydrogens (tertiary/aromatic N) is 2. The van der Waals surface area contributed by atoms with Gasteiger partial charge < -0.3 is 0 Å². The summed E-state index contributed by atoms with van der Waals surface area (Å²) in [6.45, 7) is 1.76. The molecule has 12 heavy (non-hydrogen) atoms. The van der Waals surface area contributed by atoms with Gasteiger partial charge in [-0.15, -0.1) is 5.10 Å². The van der Waals surface area contributed by atoms with Crippen molar-refractivity contribution in [1.29, 1.82) is 0 Å². The molecule has 62 valence electrons. The number of aryl methyl sites for hydroxylation is 1. The van der Waals surface area contributed by atoms with E-state index in [4.69, 9.17) is 11.6 Å². The Morgan fingerprint density at radius 2 is 2.25 bits per heavy atom. The molecule has 0 aliphatic carbocycles. The van der Waals surface area contributed by atoms with Gasteiger partial charge in [0, 0.05) is 10.4 Å². The molecule has 0 atom stereocenters. The third kappa shape index (κ3) is 0.975. The summed E-state index contributed by atoms with van der Waals surface area (Å²) in [6.07, 6.45) is 0. The molecule has 0 saturated carbocycles. The highest BCUT2D eigenvalue weighted by Gasteiger charge is 2.06. The van der Waals surface area contributed by atoms with Crippen LogP contribution in [-0.2, 0) is 0 Å². The highest BCUT2D eigenvalue weighted by molar-refractivity contribution is 6.31. The quantitative estimate of drug-likeness (QED) is 0.616.